The fourth-order valence-corrected chi connectivity index (χ4v) is 1.85. The molecular weight excluding hydrogens is 254 g/mol. The summed E-state index contributed by atoms with van der Waals surface area (Å²) in [5.74, 6) is -0.363. The molecule has 0 unspecified atom stereocenters. The van der Waals surface area contributed by atoms with Crippen LogP contribution in [0.5, 0.6) is 0 Å². The van der Waals surface area contributed by atoms with Gasteiger partial charge >= 0.3 is 5.97 Å². The lowest BCUT2D eigenvalue weighted by molar-refractivity contribution is -0.116. The zero-order valence-electron chi connectivity index (χ0n) is 12.1. The topological polar surface area (TPSA) is 46.6 Å². The van der Waals surface area contributed by atoms with E-state index in [1.165, 1.54) is 6.92 Å². The Balaban J connectivity index is 2.79. The standard InChI is InChI=1S/C16H21NO3/c1-4-6-7-12-17(13(3)18)15-10-8-14(9-11-15)16(19)20-5-2/h4,8-11H,1,5-7,12H2,2-3H3. The van der Waals surface area contributed by atoms with Crippen LogP contribution in [0, 0.1) is 0 Å². The van der Waals surface area contributed by atoms with Crippen LogP contribution in [0.3, 0.4) is 0 Å². The zero-order valence-corrected chi connectivity index (χ0v) is 12.1. The lowest BCUT2D eigenvalue weighted by Gasteiger charge is -2.21. The van der Waals surface area contributed by atoms with Crippen LogP contribution in [0.2, 0.25) is 0 Å². The second kappa shape index (κ2) is 8.15. The minimum atomic E-state index is -0.347. The molecule has 0 radical (unpaired) electrons. The van der Waals surface area contributed by atoms with Crippen molar-refractivity contribution in [3.8, 4) is 0 Å². The molecule has 0 saturated heterocycles. The molecule has 1 aromatic carbocycles. The fraction of sp³-hybridized carbons (Fsp3) is 0.375. The molecule has 4 nitrogen and oxygen atoms in total. The highest BCUT2D eigenvalue weighted by atomic mass is 16.5. The van der Waals surface area contributed by atoms with E-state index in [2.05, 4.69) is 6.58 Å². The molecular formula is C16H21NO3. The van der Waals surface area contributed by atoms with E-state index in [0.29, 0.717) is 18.7 Å². The lowest BCUT2D eigenvalue weighted by Crippen LogP contribution is -2.29. The molecule has 1 amide bonds. The van der Waals surface area contributed by atoms with Crippen LogP contribution in [0.4, 0.5) is 5.69 Å². The number of hydrogen-bond acceptors (Lipinski definition) is 3. The summed E-state index contributed by atoms with van der Waals surface area (Å²) in [5, 5.41) is 0. The second-order valence-electron chi connectivity index (χ2n) is 4.37. The molecule has 1 aromatic rings. The summed E-state index contributed by atoms with van der Waals surface area (Å²) in [5.41, 5.74) is 1.28. The number of hydrogen-bond donors (Lipinski definition) is 0. The highest BCUT2D eigenvalue weighted by Crippen LogP contribution is 2.17. The lowest BCUT2D eigenvalue weighted by atomic mass is 10.2. The Morgan fingerprint density at radius 1 is 1.30 bits per heavy atom. The Morgan fingerprint density at radius 2 is 1.95 bits per heavy atom. The zero-order chi connectivity index (χ0) is 15.0. The average molecular weight is 275 g/mol. The molecule has 0 saturated carbocycles. The van der Waals surface area contributed by atoms with Crippen molar-refractivity contribution in [1.82, 2.24) is 0 Å². The molecule has 0 fully saturated rings. The third-order valence-corrected chi connectivity index (χ3v) is 2.86. The number of esters is 1. The van der Waals surface area contributed by atoms with E-state index >= 15 is 0 Å². The van der Waals surface area contributed by atoms with Gasteiger partial charge < -0.3 is 9.64 Å². The van der Waals surface area contributed by atoms with Gasteiger partial charge in [0, 0.05) is 19.2 Å². The number of nitrogens with zero attached hydrogens (tertiary/aromatic N) is 1. The normalized spacial score (nSPS) is 9.90. The van der Waals surface area contributed by atoms with Crippen molar-refractivity contribution in [2.75, 3.05) is 18.1 Å². The van der Waals surface area contributed by atoms with Crippen LogP contribution in [-0.2, 0) is 9.53 Å². The molecule has 0 N–H and O–H groups in total. The number of carbonyl (C=O) groups is 2. The van der Waals surface area contributed by atoms with E-state index in [-0.39, 0.29) is 11.9 Å². The number of amides is 1. The van der Waals surface area contributed by atoms with Crippen molar-refractivity contribution >= 4 is 17.6 Å². The number of rotatable bonds is 7. The van der Waals surface area contributed by atoms with E-state index < -0.39 is 0 Å². The van der Waals surface area contributed by atoms with Crippen LogP contribution in [0.1, 0.15) is 37.0 Å². The highest BCUT2D eigenvalue weighted by molar-refractivity contribution is 5.93. The van der Waals surface area contributed by atoms with E-state index in [4.69, 9.17) is 4.74 Å². The highest BCUT2D eigenvalue weighted by Gasteiger charge is 2.12. The molecule has 0 aromatic heterocycles. The van der Waals surface area contributed by atoms with Crippen LogP contribution in [-0.4, -0.2) is 25.0 Å². The smallest absolute Gasteiger partial charge is 0.338 e. The van der Waals surface area contributed by atoms with E-state index in [9.17, 15) is 9.59 Å². The van der Waals surface area contributed by atoms with Crippen molar-refractivity contribution in [2.45, 2.75) is 26.7 Å². The van der Waals surface area contributed by atoms with Crippen molar-refractivity contribution in [1.29, 1.82) is 0 Å². The van der Waals surface area contributed by atoms with Gasteiger partial charge in [0.15, 0.2) is 0 Å². The Bertz CT molecular complexity index is 465. The molecule has 4 heteroatoms. The molecule has 0 atom stereocenters. The van der Waals surface area contributed by atoms with Gasteiger partial charge in [-0.2, -0.15) is 0 Å². The first-order chi connectivity index (χ1) is 9.60. The van der Waals surface area contributed by atoms with E-state index in [1.807, 2.05) is 6.08 Å². The summed E-state index contributed by atoms with van der Waals surface area (Å²) >= 11 is 0. The van der Waals surface area contributed by atoms with Crippen molar-refractivity contribution in [2.24, 2.45) is 0 Å². The Labute approximate surface area is 120 Å². The number of benzene rings is 1. The van der Waals surface area contributed by atoms with Gasteiger partial charge in [0.2, 0.25) is 5.91 Å². The first kappa shape index (κ1) is 16.0. The predicted octanol–water partition coefficient (Wildman–Crippen LogP) is 3.18. The number of allylic oxidation sites excluding steroid dienone is 1. The molecule has 0 heterocycles. The van der Waals surface area contributed by atoms with Crippen LogP contribution in [0.15, 0.2) is 36.9 Å². The predicted molar refractivity (Wildman–Crippen MR) is 79.9 cm³/mol. The third kappa shape index (κ3) is 4.53. The average Bonchev–Trinajstić information content (AvgIpc) is 2.44. The number of unbranched alkanes of at least 4 members (excludes halogenated alkanes) is 1. The number of anilines is 1. The summed E-state index contributed by atoms with van der Waals surface area (Å²) in [6.07, 6.45) is 3.57. The number of carbonyl (C=O) groups excluding carboxylic acids is 2. The van der Waals surface area contributed by atoms with Gasteiger partial charge in [-0.15, -0.1) is 6.58 Å². The van der Waals surface area contributed by atoms with Gasteiger partial charge in [-0.05, 0) is 44.0 Å². The van der Waals surface area contributed by atoms with Gasteiger partial charge in [0.25, 0.3) is 0 Å². The number of ether oxygens (including phenoxy) is 1. The molecule has 0 aliphatic heterocycles. The van der Waals surface area contributed by atoms with Crippen LogP contribution in [0.25, 0.3) is 0 Å². The monoisotopic (exact) mass is 275 g/mol. The Kier molecular flexibility index (Phi) is 6.50. The van der Waals surface area contributed by atoms with Crippen molar-refractivity contribution in [3.05, 3.63) is 42.5 Å². The Hall–Kier alpha value is -2.10. The first-order valence-corrected chi connectivity index (χ1v) is 6.76. The molecule has 0 aliphatic rings. The van der Waals surface area contributed by atoms with Gasteiger partial charge in [0.1, 0.15) is 0 Å². The maximum absolute atomic E-state index is 11.7. The van der Waals surface area contributed by atoms with Crippen molar-refractivity contribution in [3.63, 3.8) is 0 Å². The van der Waals surface area contributed by atoms with Crippen LogP contribution < -0.4 is 4.90 Å². The van der Waals surface area contributed by atoms with Crippen LogP contribution >= 0.6 is 0 Å². The molecule has 0 aliphatic carbocycles. The maximum atomic E-state index is 11.7. The minimum Gasteiger partial charge on any atom is -0.462 e. The molecule has 1 rings (SSSR count). The fourth-order valence-electron chi connectivity index (χ4n) is 1.85. The Morgan fingerprint density at radius 3 is 2.45 bits per heavy atom. The van der Waals surface area contributed by atoms with Gasteiger partial charge in [0.05, 0.1) is 12.2 Å². The quantitative estimate of drug-likeness (QED) is 0.436. The summed E-state index contributed by atoms with van der Waals surface area (Å²) in [6.45, 7) is 7.96. The second-order valence-corrected chi connectivity index (χ2v) is 4.37. The summed E-state index contributed by atoms with van der Waals surface area (Å²) in [6, 6.07) is 6.89. The van der Waals surface area contributed by atoms with E-state index in [0.717, 1.165) is 18.5 Å². The third-order valence-electron chi connectivity index (χ3n) is 2.86. The SMILES string of the molecule is C=CCCCN(C(C)=O)c1ccc(C(=O)OCC)cc1. The maximum Gasteiger partial charge on any atom is 0.338 e. The molecule has 20 heavy (non-hydrogen) atoms. The molecule has 0 spiro atoms. The van der Waals surface area contributed by atoms with Gasteiger partial charge in [-0.1, -0.05) is 6.08 Å². The summed E-state index contributed by atoms with van der Waals surface area (Å²) in [4.78, 5) is 24.9. The summed E-state index contributed by atoms with van der Waals surface area (Å²) in [7, 11) is 0. The first-order valence-electron chi connectivity index (χ1n) is 6.76. The van der Waals surface area contributed by atoms with E-state index in [1.54, 1.807) is 36.1 Å². The molecule has 0 bridgehead atoms. The molecule has 108 valence electrons. The minimum absolute atomic E-state index is 0.0158. The van der Waals surface area contributed by atoms with Gasteiger partial charge in [-0.25, -0.2) is 4.79 Å². The largest absolute Gasteiger partial charge is 0.462 e. The van der Waals surface area contributed by atoms with Gasteiger partial charge in [-0.3, -0.25) is 4.79 Å². The summed E-state index contributed by atoms with van der Waals surface area (Å²) < 4.78 is 4.92. The van der Waals surface area contributed by atoms with Crippen molar-refractivity contribution < 1.29 is 14.3 Å².